The molecule has 0 heterocycles. The van der Waals surface area contributed by atoms with Gasteiger partial charge in [-0.15, -0.1) is 0 Å². The third-order valence-electron chi connectivity index (χ3n) is 4.16. The summed E-state index contributed by atoms with van der Waals surface area (Å²) in [5.41, 5.74) is 0. The Kier molecular flexibility index (Phi) is 4.15. The van der Waals surface area contributed by atoms with Crippen molar-refractivity contribution in [2.45, 2.75) is 34.1 Å². The Hall–Kier alpha value is 0.350. The highest BCUT2D eigenvalue weighted by atomic mass is 32.2. The van der Waals surface area contributed by atoms with Crippen LogP contribution in [-0.2, 0) is 0 Å². The molecular formula is C12H24S. The van der Waals surface area contributed by atoms with E-state index in [0.29, 0.717) is 0 Å². The highest BCUT2D eigenvalue weighted by molar-refractivity contribution is 7.98. The third-order valence-corrected chi connectivity index (χ3v) is 5.02. The Bertz CT molecular complexity index is 155. The molecule has 1 aliphatic carbocycles. The number of rotatable bonds is 4. The molecule has 13 heavy (non-hydrogen) atoms. The molecule has 1 aliphatic rings. The van der Waals surface area contributed by atoms with E-state index < -0.39 is 0 Å². The summed E-state index contributed by atoms with van der Waals surface area (Å²) < 4.78 is 0. The van der Waals surface area contributed by atoms with E-state index in [2.05, 4.69) is 34.0 Å². The van der Waals surface area contributed by atoms with Gasteiger partial charge in [0.1, 0.15) is 0 Å². The lowest BCUT2D eigenvalue weighted by Crippen LogP contribution is -2.47. The van der Waals surface area contributed by atoms with E-state index in [0.717, 1.165) is 29.6 Å². The molecule has 0 amide bonds. The summed E-state index contributed by atoms with van der Waals surface area (Å²) in [5, 5.41) is 0. The minimum atomic E-state index is 0.922. The molecule has 0 nitrogen and oxygen atoms in total. The first-order valence-corrected chi connectivity index (χ1v) is 7.01. The molecule has 5 atom stereocenters. The summed E-state index contributed by atoms with van der Waals surface area (Å²) in [7, 11) is 0. The topological polar surface area (TPSA) is 0 Å². The van der Waals surface area contributed by atoms with Crippen LogP contribution in [-0.4, -0.2) is 12.0 Å². The Morgan fingerprint density at radius 1 is 1.23 bits per heavy atom. The first-order chi connectivity index (χ1) is 6.13. The molecule has 78 valence electrons. The molecule has 0 spiro atoms. The second-order valence-electron chi connectivity index (χ2n) is 4.80. The summed E-state index contributed by atoms with van der Waals surface area (Å²) in [6, 6.07) is 0. The van der Waals surface area contributed by atoms with Gasteiger partial charge in [0, 0.05) is 0 Å². The van der Waals surface area contributed by atoms with Crippen molar-refractivity contribution in [3.8, 4) is 0 Å². The molecule has 0 aromatic rings. The molecule has 0 aliphatic heterocycles. The molecular weight excluding hydrogens is 176 g/mol. The number of thioether (sulfide) groups is 1. The van der Waals surface area contributed by atoms with Crippen LogP contribution >= 0.6 is 11.8 Å². The molecule has 5 unspecified atom stereocenters. The predicted octanol–water partition coefficient (Wildman–Crippen LogP) is 3.91. The normalized spacial score (nSPS) is 41.3. The largest absolute Gasteiger partial charge is 0.165 e. The highest BCUT2D eigenvalue weighted by Gasteiger charge is 2.45. The van der Waals surface area contributed by atoms with Crippen LogP contribution in [0.2, 0.25) is 0 Å². The average molecular weight is 200 g/mol. The van der Waals surface area contributed by atoms with Gasteiger partial charge in [0.25, 0.3) is 0 Å². The molecule has 1 saturated carbocycles. The van der Waals surface area contributed by atoms with Crippen LogP contribution in [0.15, 0.2) is 0 Å². The van der Waals surface area contributed by atoms with Gasteiger partial charge < -0.3 is 0 Å². The van der Waals surface area contributed by atoms with Gasteiger partial charge in [-0.3, -0.25) is 0 Å². The van der Waals surface area contributed by atoms with Crippen LogP contribution in [0.25, 0.3) is 0 Å². The van der Waals surface area contributed by atoms with E-state index in [1.807, 2.05) is 11.8 Å². The Morgan fingerprint density at radius 3 is 2.31 bits per heavy atom. The average Bonchev–Trinajstić information content (AvgIpc) is 2.12. The molecule has 0 radical (unpaired) electrons. The van der Waals surface area contributed by atoms with E-state index in [1.165, 1.54) is 12.2 Å². The minimum absolute atomic E-state index is 0.922. The van der Waals surface area contributed by atoms with Gasteiger partial charge >= 0.3 is 0 Å². The molecule has 0 N–H and O–H groups in total. The van der Waals surface area contributed by atoms with Crippen molar-refractivity contribution in [2.24, 2.45) is 29.6 Å². The fourth-order valence-electron chi connectivity index (χ4n) is 3.29. The van der Waals surface area contributed by atoms with Crippen molar-refractivity contribution in [1.82, 2.24) is 0 Å². The zero-order valence-corrected chi connectivity index (χ0v) is 10.5. The van der Waals surface area contributed by atoms with Crippen molar-refractivity contribution in [3.05, 3.63) is 0 Å². The van der Waals surface area contributed by atoms with Gasteiger partial charge in [-0.1, -0.05) is 34.1 Å². The molecule has 0 aromatic carbocycles. The van der Waals surface area contributed by atoms with Crippen LogP contribution < -0.4 is 0 Å². The van der Waals surface area contributed by atoms with Gasteiger partial charge in [-0.05, 0) is 41.6 Å². The zero-order chi connectivity index (χ0) is 10.0. The molecule has 0 saturated heterocycles. The van der Waals surface area contributed by atoms with Gasteiger partial charge in [0.15, 0.2) is 0 Å². The minimum Gasteiger partial charge on any atom is -0.165 e. The van der Waals surface area contributed by atoms with Crippen molar-refractivity contribution in [1.29, 1.82) is 0 Å². The fourth-order valence-corrected chi connectivity index (χ4v) is 4.04. The maximum Gasteiger partial charge on any atom is -0.00417 e. The Balaban J connectivity index is 2.49. The van der Waals surface area contributed by atoms with Crippen LogP contribution in [0.4, 0.5) is 0 Å². The van der Waals surface area contributed by atoms with Gasteiger partial charge in [0.2, 0.25) is 0 Å². The lowest BCUT2D eigenvalue weighted by molar-refractivity contribution is -0.0303. The third kappa shape index (κ3) is 2.06. The fraction of sp³-hybridized carbons (Fsp3) is 1.00. The van der Waals surface area contributed by atoms with Gasteiger partial charge in [0.05, 0.1) is 0 Å². The van der Waals surface area contributed by atoms with Crippen molar-refractivity contribution < 1.29 is 0 Å². The first kappa shape index (κ1) is 11.4. The van der Waals surface area contributed by atoms with Crippen molar-refractivity contribution in [3.63, 3.8) is 0 Å². The molecule has 1 heteroatoms. The van der Waals surface area contributed by atoms with E-state index in [1.54, 1.807) is 0 Å². The molecule has 0 aromatic heterocycles. The van der Waals surface area contributed by atoms with Crippen LogP contribution in [0, 0.1) is 29.6 Å². The molecule has 1 rings (SSSR count). The smallest absolute Gasteiger partial charge is 0.00417 e. The summed E-state index contributed by atoms with van der Waals surface area (Å²) >= 11 is 2.00. The second-order valence-corrected chi connectivity index (χ2v) is 5.71. The van der Waals surface area contributed by atoms with E-state index >= 15 is 0 Å². The van der Waals surface area contributed by atoms with Gasteiger partial charge in [-0.2, -0.15) is 11.8 Å². The summed E-state index contributed by atoms with van der Waals surface area (Å²) in [4.78, 5) is 0. The van der Waals surface area contributed by atoms with Crippen molar-refractivity contribution >= 4 is 11.8 Å². The second kappa shape index (κ2) is 4.72. The SMILES string of the molecule is CCC1C(C)C(C)C1C(C)CSC. The predicted molar refractivity (Wildman–Crippen MR) is 63.1 cm³/mol. The Labute approximate surface area is 87.9 Å². The summed E-state index contributed by atoms with van der Waals surface area (Å²) in [5.74, 6) is 6.22. The van der Waals surface area contributed by atoms with Crippen LogP contribution in [0.3, 0.4) is 0 Å². The highest BCUT2D eigenvalue weighted by Crippen LogP contribution is 2.51. The number of hydrogen-bond donors (Lipinski definition) is 0. The molecule has 1 fully saturated rings. The quantitative estimate of drug-likeness (QED) is 0.663. The maximum absolute atomic E-state index is 2.44. The summed E-state index contributed by atoms with van der Waals surface area (Å²) in [6.45, 7) is 9.66. The summed E-state index contributed by atoms with van der Waals surface area (Å²) in [6.07, 6.45) is 3.61. The maximum atomic E-state index is 2.44. The lowest BCUT2D eigenvalue weighted by Gasteiger charge is -2.52. The molecule has 0 bridgehead atoms. The van der Waals surface area contributed by atoms with Gasteiger partial charge in [-0.25, -0.2) is 0 Å². The van der Waals surface area contributed by atoms with E-state index in [-0.39, 0.29) is 0 Å². The van der Waals surface area contributed by atoms with E-state index in [4.69, 9.17) is 0 Å². The lowest BCUT2D eigenvalue weighted by atomic mass is 9.54. The van der Waals surface area contributed by atoms with Crippen LogP contribution in [0.1, 0.15) is 34.1 Å². The first-order valence-electron chi connectivity index (χ1n) is 5.62. The van der Waals surface area contributed by atoms with Crippen LogP contribution in [0.5, 0.6) is 0 Å². The van der Waals surface area contributed by atoms with Crippen molar-refractivity contribution in [2.75, 3.05) is 12.0 Å². The number of hydrogen-bond acceptors (Lipinski definition) is 1. The monoisotopic (exact) mass is 200 g/mol. The standard InChI is InChI=1S/C12H24S/c1-6-11-9(3)10(4)12(11)8(2)7-13-5/h8-12H,6-7H2,1-5H3. The Morgan fingerprint density at radius 2 is 1.85 bits per heavy atom. The van der Waals surface area contributed by atoms with E-state index in [9.17, 15) is 0 Å². The zero-order valence-electron chi connectivity index (χ0n) is 9.71.